The van der Waals surface area contributed by atoms with Crippen LogP contribution in [0, 0.1) is 18.7 Å². The first-order valence-corrected chi connectivity index (χ1v) is 7.90. The molecule has 0 spiro atoms. The highest BCUT2D eigenvalue weighted by Gasteiger charge is 2.34. The van der Waals surface area contributed by atoms with Gasteiger partial charge in [-0.2, -0.15) is 0 Å². The molecule has 0 bridgehead atoms. The molecule has 22 heavy (non-hydrogen) atoms. The summed E-state index contributed by atoms with van der Waals surface area (Å²) in [6.07, 6.45) is 2.81. The van der Waals surface area contributed by atoms with Gasteiger partial charge in [0.2, 0.25) is 5.91 Å². The van der Waals surface area contributed by atoms with Crippen LogP contribution in [-0.4, -0.2) is 47.8 Å². The molecule has 1 aromatic carbocycles. The van der Waals surface area contributed by atoms with Gasteiger partial charge >= 0.3 is 0 Å². The first-order chi connectivity index (χ1) is 10.6. The SMILES string of the molecule is Cc1cc(C(=O)N2CCCN(C(=O)C3CC3)CC2)ccc1F. The Balaban J connectivity index is 1.65. The number of carbonyl (C=O) groups excluding carboxylic acids is 2. The quantitative estimate of drug-likeness (QED) is 0.840. The van der Waals surface area contributed by atoms with E-state index in [9.17, 15) is 14.0 Å². The van der Waals surface area contributed by atoms with Gasteiger partial charge in [0.1, 0.15) is 5.82 Å². The van der Waals surface area contributed by atoms with Gasteiger partial charge in [-0.15, -0.1) is 0 Å². The molecule has 0 aromatic heterocycles. The summed E-state index contributed by atoms with van der Waals surface area (Å²) in [6.45, 7) is 4.17. The van der Waals surface area contributed by atoms with E-state index in [0.717, 1.165) is 25.8 Å². The van der Waals surface area contributed by atoms with E-state index in [4.69, 9.17) is 0 Å². The van der Waals surface area contributed by atoms with E-state index >= 15 is 0 Å². The molecule has 2 amide bonds. The number of amides is 2. The molecular formula is C17H21FN2O2. The third-order valence-electron chi connectivity index (χ3n) is 4.43. The summed E-state index contributed by atoms with van der Waals surface area (Å²) in [5.41, 5.74) is 0.993. The van der Waals surface area contributed by atoms with Crippen LogP contribution in [0.3, 0.4) is 0 Å². The van der Waals surface area contributed by atoms with Gasteiger partial charge in [0.25, 0.3) is 5.91 Å². The van der Waals surface area contributed by atoms with Gasteiger partial charge in [-0.25, -0.2) is 4.39 Å². The molecule has 1 saturated heterocycles. The molecule has 2 aliphatic rings. The van der Waals surface area contributed by atoms with Crippen LogP contribution in [0.2, 0.25) is 0 Å². The first-order valence-electron chi connectivity index (χ1n) is 7.90. The standard InChI is InChI=1S/C17H21FN2O2/c1-12-11-14(5-6-15(12)18)17(22)20-8-2-7-19(9-10-20)16(21)13-3-4-13/h5-6,11,13H,2-4,7-10H2,1H3. The van der Waals surface area contributed by atoms with Crippen molar-refractivity contribution in [3.63, 3.8) is 0 Å². The van der Waals surface area contributed by atoms with Gasteiger partial charge in [0, 0.05) is 37.7 Å². The van der Waals surface area contributed by atoms with Gasteiger partial charge in [-0.1, -0.05) is 0 Å². The summed E-state index contributed by atoms with van der Waals surface area (Å²) < 4.78 is 13.3. The lowest BCUT2D eigenvalue weighted by atomic mass is 10.1. The smallest absolute Gasteiger partial charge is 0.253 e. The van der Waals surface area contributed by atoms with Crippen molar-refractivity contribution in [2.24, 2.45) is 5.92 Å². The maximum absolute atomic E-state index is 13.3. The maximum atomic E-state index is 13.3. The summed E-state index contributed by atoms with van der Waals surface area (Å²) in [5, 5.41) is 0. The molecule has 0 atom stereocenters. The summed E-state index contributed by atoms with van der Waals surface area (Å²) >= 11 is 0. The monoisotopic (exact) mass is 304 g/mol. The van der Waals surface area contributed by atoms with Gasteiger partial charge < -0.3 is 9.80 Å². The van der Waals surface area contributed by atoms with Crippen LogP contribution in [-0.2, 0) is 4.79 Å². The van der Waals surface area contributed by atoms with Crippen molar-refractivity contribution in [3.8, 4) is 0 Å². The van der Waals surface area contributed by atoms with E-state index in [-0.39, 0.29) is 23.5 Å². The minimum Gasteiger partial charge on any atom is -0.341 e. The molecule has 0 unspecified atom stereocenters. The molecule has 4 nitrogen and oxygen atoms in total. The summed E-state index contributed by atoms with van der Waals surface area (Å²) in [5.74, 6) is 0.0892. The van der Waals surface area contributed by atoms with Crippen LogP contribution in [0.25, 0.3) is 0 Å². The second-order valence-corrected chi connectivity index (χ2v) is 6.21. The predicted octanol–water partition coefficient (Wildman–Crippen LogP) is 2.22. The van der Waals surface area contributed by atoms with E-state index < -0.39 is 0 Å². The lowest BCUT2D eigenvalue weighted by Gasteiger charge is -2.22. The summed E-state index contributed by atoms with van der Waals surface area (Å²) in [7, 11) is 0. The second kappa shape index (κ2) is 6.07. The highest BCUT2D eigenvalue weighted by molar-refractivity contribution is 5.94. The Bertz CT molecular complexity index is 598. The van der Waals surface area contributed by atoms with Crippen LogP contribution < -0.4 is 0 Å². The fourth-order valence-corrected chi connectivity index (χ4v) is 2.89. The zero-order chi connectivity index (χ0) is 15.7. The van der Waals surface area contributed by atoms with Crippen LogP contribution >= 0.6 is 0 Å². The molecule has 0 radical (unpaired) electrons. The van der Waals surface area contributed by atoms with Gasteiger partial charge in [-0.3, -0.25) is 9.59 Å². The highest BCUT2D eigenvalue weighted by Crippen LogP contribution is 2.31. The van der Waals surface area contributed by atoms with E-state index in [2.05, 4.69) is 0 Å². The number of hydrogen-bond acceptors (Lipinski definition) is 2. The minimum absolute atomic E-state index is 0.0798. The molecule has 5 heteroatoms. The van der Waals surface area contributed by atoms with Crippen LogP contribution in [0.1, 0.15) is 35.2 Å². The maximum Gasteiger partial charge on any atom is 0.253 e. The van der Waals surface area contributed by atoms with E-state index in [1.807, 2.05) is 4.90 Å². The first kappa shape index (κ1) is 15.0. The summed E-state index contributed by atoms with van der Waals surface area (Å²) in [6, 6.07) is 4.46. The van der Waals surface area contributed by atoms with Crippen molar-refractivity contribution in [1.82, 2.24) is 9.80 Å². The Morgan fingerprint density at radius 3 is 2.45 bits per heavy atom. The van der Waals surface area contributed by atoms with E-state index in [1.54, 1.807) is 17.9 Å². The number of hydrogen-bond donors (Lipinski definition) is 0. The topological polar surface area (TPSA) is 40.6 Å². The van der Waals surface area contributed by atoms with E-state index in [1.165, 1.54) is 12.1 Å². The molecule has 1 heterocycles. The zero-order valence-corrected chi connectivity index (χ0v) is 12.8. The molecule has 1 aliphatic heterocycles. The molecule has 0 N–H and O–H groups in total. The molecule has 1 aliphatic carbocycles. The van der Waals surface area contributed by atoms with Crippen molar-refractivity contribution in [2.75, 3.05) is 26.2 Å². The van der Waals surface area contributed by atoms with Crippen LogP contribution in [0.15, 0.2) is 18.2 Å². The average molecular weight is 304 g/mol. The normalized spacial score (nSPS) is 19.0. The Kier molecular flexibility index (Phi) is 4.14. The fraction of sp³-hybridized carbons (Fsp3) is 0.529. The number of rotatable bonds is 2. The molecule has 1 aromatic rings. The summed E-state index contributed by atoms with van der Waals surface area (Å²) in [4.78, 5) is 28.3. The Labute approximate surface area is 129 Å². The van der Waals surface area contributed by atoms with Crippen molar-refractivity contribution in [3.05, 3.63) is 35.1 Å². The number of nitrogens with zero attached hydrogens (tertiary/aromatic N) is 2. The Morgan fingerprint density at radius 1 is 1.09 bits per heavy atom. The minimum atomic E-state index is -0.298. The fourth-order valence-electron chi connectivity index (χ4n) is 2.89. The van der Waals surface area contributed by atoms with Crippen molar-refractivity contribution < 1.29 is 14.0 Å². The third kappa shape index (κ3) is 3.13. The predicted molar refractivity (Wildman–Crippen MR) is 81.0 cm³/mol. The molecular weight excluding hydrogens is 283 g/mol. The van der Waals surface area contributed by atoms with Crippen molar-refractivity contribution >= 4 is 11.8 Å². The van der Waals surface area contributed by atoms with Crippen LogP contribution in [0.5, 0.6) is 0 Å². The number of carbonyl (C=O) groups is 2. The van der Waals surface area contributed by atoms with Crippen molar-refractivity contribution in [1.29, 1.82) is 0 Å². The number of benzene rings is 1. The zero-order valence-electron chi connectivity index (χ0n) is 12.8. The molecule has 1 saturated carbocycles. The Morgan fingerprint density at radius 2 is 1.77 bits per heavy atom. The number of halogens is 1. The highest BCUT2D eigenvalue weighted by atomic mass is 19.1. The van der Waals surface area contributed by atoms with Gasteiger partial charge in [0.05, 0.1) is 0 Å². The second-order valence-electron chi connectivity index (χ2n) is 6.21. The number of aryl methyl sites for hydroxylation is 1. The lowest BCUT2D eigenvalue weighted by molar-refractivity contribution is -0.132. The van der Waals surface area contributed by atoms with Gasteiger partial charge in [-0.05, 0) is 49.9 Å². The van der Waals surface area contributed by atoms with Crippen LogP contribution in [0.4, 0.5) is 4.39 Å². The average Bonchev–Trinajstić information content (AvgIpc) is 3.35. The third-order valence-corrected chi connectivity index (χ3v) is 4.43. The molecule has 3 rings (SSSR count). The van der Waals surface area contributed by atoms with Crippen molar-refractivity contribution in [2.45, 2.75) is 26.2 Å². The van der Waals surface area contributed by atoms with E-state index in [0.29, 0.717) is 30.8 Å². The molecule has 2 fully saturated rings. The molecule has 118 valence electrons. The lowest BCUT2D eigenvalue weighted by Crippen LogP contribution is -2.38. The Hall–Kier alpha value is -1.91. The largest absolute Gasteiger partial charge is 0.341 e. The van der Waals surface area contributed by atoms with Gasteiger partial charge in [0.15, 0.2) is 0 Å².